The normalized spacial score (nSPS) is 18.3. The number of fused-ring (bicyclic) bond motifs is 1. The number of nitrogens with zero attached hydrogens (tertiary/aromatic N) is 2. The topological polar surface area (TPSA) is 52.6 Å². The Morgan fingerprint density at radius 2 is 1.21 bits per heavy atom. The largest absolute Gasteiger partial charge is 0.300 e. The van der Waals surface area contributed by atoms with E-state index in [-0.39, 0.29) is 18.0 Å². The molecule has 1 unspecified atom stereocenters. The Balaban J connectivity index is 1.19. The van der Waals surface area contributed by atoms with Gasteiger partial charge >= 0.3 is 0 Å². The molecule has 5 heteroatoms. The summed E-state index contributed by atoms with van der Waals surface area (Å²) in [7, 11) is 0. The second-order valence-corrected chi connectivity index (χ2v) is 10.2. The highest BCUT2D eigenvalue weighted by Crippen LogP contribution is 2.24. The molecule has 1 atom stereocenters. The summed E-state index contributed by atoms with van der Waals surface area (Å²) in [4.78, 5) is 29.0. The minimum atomic E-state index is -0.154. The van der Waals surface area contributed by atoms with Gasteiger partial charge in [0.25, 0.3) is 11.8 Å². The van der Waals surface area contributed by atoms with Gasteiger partial charge in [-0.25, -0.2) is 0 Å². The number of unbranched alkanes of at least 4 members (excludes halogenated alkanes) is 14. The van der Waals surface area contributed by atoms with Crippen molar-refractivity contribution >= 4 is 11.8 Å². The highest BCUT2D eigenvalue weighted by Gasteiger charge is 2.37. The number of amides is 2. The Hall–Kier alpha value is -1.72. The molecule has 1 saturated heterocycles. The summed E-state index contributed by atoms with van der Waals surface area (Å²) >= 11 is 0. The van der Waals surface area contributed by atoms with E-state index < -0.39 is 0 Å². The number of hydrogen-bond donors (Lipinski definition) is 1. The number of carbonyl (C=O) groups is 2. The van der Waals surface area contributed by atoms with Crippen LogP contribution in [-0.2, 0) is 0 Å². The molecule has 0 aromatic heterocycles. The zero-order valence-electron chi connectivity index (χ0n) is 21.5. The smallest absolute Gasteiger partial charge is 0.262 e. The van der Waals surface area contributed by atoms with E-state index in [1.807, 2.05) is 12.1 Å². The fraction of sp³-hybridized carbons (Fsp3) is 0.724. The fourth-order valence-electron chi connectivity index (χ4n) is 5.37. The van der Waals surface area contributed by atoms with Crippen LogP contribution in [0.3, 0.4) is 0 Å². The molecule has 0 aliphatic carbocycles. The minimum absolute atomic E-state index is 0.154. The summed E-state index contributed by atoms with van der Waals surface area (Å²) in [6.45, 7) is 4.48. The second kappa shape index (κ2) is 15.3. The van der Waals surface area contributed by atoms with E-state index in [2.05, 4.69) is 17.1 Å². The van der Waals surface area contributed by atoms with Gasteiger partial charge in [0.1, 0.15) is 0 Å². The third-order valence-corrected chi connectivity index (χ3v) is 7.50. The van der Waals surface area contributed by atoms with Gasteiger partial charge in [0.05, 0.1) is 24.0 Å². The highest BCUT2D eigenvalue weighted by molar-refractivity contribution is 6.21. The molecule has 0 radical (unpaired) electrons. The Labute approximate surface area is 207 Å². The molecule has 2 aliphatic rings. The number of benzene rings is 1. The average molecular weight is 470 g/mol. The molecule has 2 amide bonds. The summed E-state index contributed by atoms with van der Waals surface area (Å²) in [6, 6.07) is 7.16. The number of rotatable bonds is 18. The molecule has 1 aromatic rings. The van der Waals surface area contributed by atoms with E-state index in [9.17, 15) is 9.59 Å². The number of imide groups is 1. The molecule has 2 heterocycles. The Bertz CT molecular complexity index is 716. The second-order valence-electron chi connectivity index (χ2n) is 10.2. The van der Waals surface area contributed by atoms with Gasteiger partial charge < -0.3 is 5.32 Å². The Kier molecular flexibility index (Phi) is 12.1. The molecule has 3 rings (SSSR count). The summed E-state index contributed by atoms with van der Waals surface area (Å²) < 4.78 is 0. The Morgan fingerprint density at radius 3 is 1.71 bits per heavy atom. The molecule has 1 fully saturated rings. The first-order valence-corrected chi connectivity index (χ1v) is 14.1. The first-order valence-electron chi connectivity index (χ1n) is 14.1. The maximum atomic E-state index is 12.7. The van der Waals surface area contributed by atoms with Crippen LogP contribution in [0.1, 0.15) is 130 Å². The molecule has 190 valence electrons. The number of nitrogens with one attached hydrogen (secondary N) is 1. The van der Waals surface area contributed by atoms with Crippen molar-refractivity contribution in [2.24, 2.45) is 0 Å². The van der Waals surface area contributed by atoms with Crippen molar-refractivity contribution in [2.45, 2.75) is 116 Å². The fourth-order valence-corrected chi connectivity index (χ4v) is 5.37. The summed E-state index contributed by atoms with van der Waals surface area (Å²) in [5.74, 6) is -0.309. The molecule has 0 spiro atoms. The number of carbonyl (C=O) groups excluding carboxylic acids is 2. The van der Waals surface area contributed by atoms with Crippen molar-refractivity contribution in [1.82, 2.24) is 15.1 Å². The van der Waals surface area contributed by atoms with Gasteiger partial charge in [0.15, 0.2) is 0 Å². The van der Waals surface area contributed by atoms with Gasteiger partial charge in [-0.2, -0.15) is 0 Å². The zero-order chi connectivity index (χ0) is 24.0. The predicted octanol–water partition coefficient (Wildman–Crippen LogP) is 6.73. The molecule has 0 saturated carbocycles. The molecular formula is C29H47N3O2. The maximum Gasteiger partial charge on any atom is 0.262 e. The molecule has 0 bridgehead atoms. The molecular weight excluding hydrogens is 422 g/mol. The summed E-state index contributed by atoms with van der Waals surface area (Å²) in [6.07, 6.45) is 22.0. The van der Waals surface area contributed by atoms with Crippen LogP contribution >= 0.6 is 0 Å². The lowest BCUT2D eigenvalue weighted by atomic mass is 10.0. The lowest BCUT2D eigenvalue weighted by Gasteiger charge is -2.27. The van der Waals surface area contributed by atoms with E-state index >= 15 is 0 Å². The third kappa shape index (κ3) is 8.20. The first kappa shape index (κ1) is 26.9. The van der Waals surface area contributed by atoms with Gasteiger partial charge in [-0.15, -0.1) is 0 Å². The standard InChI is InChI=1S/C29H47N3O2/c1-2-3-4-5-6-7-8-9-10-11-12-13-14-15-16-21-27-30-22-23-31(27)24-32-28(33)25-19-17-18-20-26(25)29(32)34/h17-20,27,30H,2-16,21-24H2,1H3. The highest BCUT2D eigenvalue weighted by atomic mass is 16.2. The first-order chi connectivity index (χ1) is 16.7. The number of hydrogen-bond acceptors (Lipinski definition) is 4. The van der Waals surface area contributed by atoms with Crippen LogP contribution in [0.4, 0.5) is 0 Å². The van der Waals surface area contributed by atoms with Crippen molar-refractivity contribution in [1.29, 1.82) is 0 Å². The van der Waals surface area contributed by atoms with Crippen molar-refractivity contribution in [3.05, 3.63) is 35.4 Å². The van der Waals surface area contributed by atoms with Crippen LogP contribution < -0.4 is 5.32 Å². The predicted molar refractivity (Wildman–Crippen MR) is 140 cm³/mol. The van der Waals surface area contributed by atoms with Gasteiger partial charge in [0, 0.05) is 13.1 Å². The van der Waals surface area contributed by atoms with Crippen LogP contribution in [0.15, 0.2) is 24.3 Å². The van der Waals surface area contributed by atoms with Crippen LogP contribution in [0.25, 0.3) is 0 Å². The minimum Gasteiger partial charge on any atom is -0.300 e. The van der Waals surface area contributed by atoms with Gasteiger partial charge in [-0.05, 0) is 18.6 Å². The van der Waals surface area contributed by atoms with E-state index in [0.717, 1.165) is 19.5 Å². The SMILES string of the molecule is CCCCCCCCCCCCCCCCCC1NCCN1CN1C(=O)c2ccccc2C1=O. The van der Waals surface area contributed by atoms with Crippen LogP contribution in [-0.4, -0.2) is 47.5 Å². The average Bonchev–Trinajstić information content (AvgIpc) is 3.40. The monoisotopic (exact) mass is 469 g/mol. The van der Waals surface area contributed by atoms with E-state index in [4.69, 9.17) is 0 Å². The molecule has 1 N–H and O–H groups in total. The summed E-state index contributed by atoms with van der Waals surface area (Å²) in [5.41, 5.74) is 1.08. The van der Waals surface area contributed by atoms with Crippen LogP contribution in [0.2, 0.25) is 0 Å². The van der Waals surface area contributed by atoms with Crippen LogP contribution in [0, 0.1) is 0 Å². The van der Waals surface area contributed by atoms with E-state index in [1.54, 1.807) is 12.1 Å². The molecule has 5 nitrogen and oxygen atoms in total. The molecule has 2 aliphatic heterocycles. The van der Waals surface area contributed by atoms with Crippen molar-refractivity contribution < 1.29 is 9.59 Å². The summed E-state index contributed by atoms with van der Waals surface area (Å²) in [5, 5.41) is 3.56. The van der Waals surface area contributed by atoms with Crippen LogP contribution in [0.5, 0.6) is 0 Å². The van der Waals surface area contributed by atoms with Gasteiger partial charge in [-0.3, -0.25) is 19.4 Å². The van der Waals surface area contributed by atoms with Gasteiger partial charge in [0.2, 0.25) is 0 Å². The molecule has 34 heavy (non-hydrogen) atoms. The lowest BCUT2D eigenvalue weighted by Crippen LogP contribution is -2.45. The van der Waals surface area contributed by atoms with Crippen molar-refractivity contribution in [3.63, 3.8) is 0 Å². The van der Waals surface area contributed by atoms with E-state index in [1.165, 1.54) is 101 Å². The van der Waals surface area contributed by atoms with Crippen molar-refractivity contribution in [3.8, 4) is 0 Å². The Morgan fingerprint density at radius 1 is 0.735 bits per heavy atom. The molecule has 1 aromatic carbocycles. The van der Waals surface area contributed by atoms with Crippen molar-refractivity contribution in [2.75, 3.05) is 19.8 Å². The third-order valence-electron chi connectivity index (χ3n) is 7.50. The van der Waals surface area contributed by atoms with Gasteiger partial charge in [-0.1, -0.05) is 115 Å². The maximum absolute atomic E-state index is 12.7. The quantitative estimate of drug-likeness (QED) is 0.191. The zero-order valence-corrected chi connectivity index (χ0v) is 21.5. The lowest BCUT2D eigenvalue weighted by molar-refractivity contribution is 0.0515. The van der Waals surface area contributed by atoms with E-state index in [0.29, 0.717) is 17.8 Å².